The van der Waals surface area contributed by atoms with E-state index in [1.807, 2.05) is 48.5 Å². The Bertz CT molecular complexity index is 1430. The smallest absolute Gasteiger partial charge is 0.137 e. The molecule has 38 heavy (non-hydrogen) atoms. The maximum absolute atomic E-state index is 10.0. The van der Waals surface area contributed by atoms with Gasteiger partial charge in [0.1, 0.15) is 21.6 Å². The van der Waals surface area contributed by atoms with Crippen LogP contribution >= 0.6 is 22.7 Å². The fourth-order valence-electron chi connectivity index (χ4n) is 3.50. The molecular formula is C31H26IrN2O2S2. The number of hydrogen-bond acceptors (Lipinski definition) is 6. The zero-order valence-corrected chi connectivity index (χ0v) is 25.0. The molecular weight excluding hydrogens is 689 g/mol. The van der Waals surface area contributed by atoms with Crippen molar-refractivity contribution in [3.63, 3.8) is 0 Å². The van der Waals surface area contributed by atoms with Crippen LogP contribution in [0.4, 0.5) is 0 Å². The summed E-state index contributed by atoms with van der Waals surface area (Å²) >= 11 is 3.48. The van der Waals surface area contributed by atoms with E-state index in [-0.39, 0.29) is 38.1 Å². The van der Waals surface area contributed by atoms with Crippen LogP contribution in [-0.2, 0) is 29.7 Å². The number of para-hydroxylation sites is 2. The third-order valence-corrected chi connectivity index (χ3v) is 7.30. The molecule has 2 aromatic heterocycles. The van der Waals surface area contributed by atoms with Crippen molar-refractivity contribution in [2.45, 2.75) is 20.3 Å². The van der Waals surface area contributed by atoms with Crippen molar-refractivity contribution in [3.05, 3.63) is 109 Å². The maximum atomic E-state index is 10.0. The number of Topliss-reactive ketones (excluding diaryl/α,β-unsaturated/α-hetero) is 2. The molecule has 0 aliphatic carbocycles. The molecule has 193 valence electrons. The minimum Gasteiger partial charge on any atom is -0.300 e. The number of thiazole rings is 2. The summed E-state index contributed by atoms with van der Waals surface area (Å²) in [6.07, 6.45) is 0.0833. The Morgan fingerprint density at radius 2 is 0.895 bits per heavy atom. The van der Waals surface area contributed by atoms with Crippen molar-refractivity contribution in [1.82, 2.24) is 9.97 Å². The van der Waals surface area contributed by atoms with Crippen molar-refractivity contribution in [3.8, 4) is 21.1 Å². The van der Waals surface area contributed by atoms with Crippen LogP contribution < -0.4 is 0 Å². The van der Waals surface area contributed by atoms with E-state index in [2.05, 4.69) is 70.6 Å². The summed E-state index contributed by atoms with van der Waals surface area (Å²) in [6, 6.07) is 37.1. The monoisotopic (exact) mass is 715 g/mol. The Morgan fingerprint density at radius 3 is 1.21 bits per heavy atom. The van der Waals surface area contributed by atoms with E-state index < -0.39 is 0 Å². The molecule has 0 saturated heterocycles. The zero-order valence-electron chi connectivity index (χ0n) is 21.0. The van der Waals surface area contributed by atoms with Gasteiger partial charge in [-0.3, -0.25) is 9.59 Å². The van der Waals surface area contributed by atoms with Gasteiger partial charge >= 0.3 is 0 Å². The van der Waals surface area contributed by atoms with Crippen LogP contribution in [0.2, 0.25) is 0 Å². The molecule has 0 fully saturated rings. The molecule has 1 radical (unpaired) electrons. The van der Waals surface area contributed by atoms with Crippen LogP contribution in [0.1, 0.15) is 20.3 Å². The molecule has 0 amide bonds. The molecule has 2 heterocycles. The maximum Gasteiger partial charge on any atom is 0.137 e. The molecule has 0 unspecified atom stereocenters. The minimum absolute atomic E-state index is 0. The summed E-state index contributed by atoms with van der Waals surface area (Å²) in [5.41, 5.74) is 4.56. The minimum atomic E-state index is -0.0625. The second kappa shape index (κ2) is 14.6. The summed E-state index contributed by atoms with van der Waals surface area (Å²) in [5.74, 6) is -0.125. The number of rotatable bonds is 4. The topological polar surface area (TPSA) is 59.9 Å². The summed E-state index contributed by atoms with van der Waals surface area (Å²) in [5, 5.41) is 2.19. The number of carbonyl (C=O) groups excluding carboxylic acids is 2. The van der Waals surface area contributed by atoms with Crippen molar-refractivity contribution in [2.24, 2.45) is 0 Å². The first kappa shape index (κ1) is 29.2. The average Bonchev–Trinajstić information content (AvgIpc) is 3.54. The summed E-state index contributed by atoms with van der Waals surface area (Å²) in [7, 11) is 0. The third-order valence-electron chi connectivity index (χ3n) is 5.13. The van der Waals surface area contributed by atoms with Gasteiger partial charge in [-0.2, -0.15) is 0 Å². The molecule has 0 atom stereocenters. The van der Waals surface area contributed by atoms with E-state index in [4.69, 9.17) is 0 Å². The normalized spacial score (nSPS) is 9.95. The third kappa shape index (κ3) is 8.33. The van der Waals surface area contributed by atoms with E-state index in [0.29, 0.717) is 0 Å². The second-order valence-electron chi connectivity index (χ2n) is 8.29. The SMILES string of the molecule is CC(=O)CC(C)=O.[Ir].c1ccc(-c2nc3ccccc3s2)cc1.c1ccc(-c2nc3ccccc3s2)cc1. The predicted molar refractivity (Wildman–Crippen MR) is 156 cm³/mol. The second-order valence-corrected chi connectivity index (χ2v) is 10.3. The quantitative estimate of drug-likeness (QED) is 0.172. The van der Waals surface area contributed by atoms with E-state index in [1.165, 1.54) is 34.4 Å². The fraction of sp³-hybridized carbons (Fsp3) is 0.0968. The number of ketones is 2. The van der Waals surface area contributed by atoms with Gasteiger partial charge in [0.05, 0.1) is 26.9 Å². The first-order valence-electron chi connectivity index (χ1n) is 11.8. The van der Waals surface area contributed by atoms with Gasteiger partial charge in [0, 0.05) is 31.2 Å². The molecule has 0 N–H and O–H groups in total. The zero-order chi connectivity index (χ0) is 26.0. The molecule has 0 aliphatic rings. The average molecular weight is 715 g/mol. The summed E-state index contributed by atoms with van der Waals surface area (Å²) in [4.78, 5) is 29.3. The number of fused-ring (bicyclic) bond motifs is 2. The van der Waals surface area contributed by atoms with Crippen molar-refractivity contribution in [1.29, 1.82) is 0 Å². The van der Waals surface area contributed by atoms with E-state index in [9.17, 15) is 9.59 Å². The molecule has 4 aromatic carbocycles. The van der Waals surface area contributed by atoms with Gasteiger partial charge in [-0.05, 0) is 38.1 Å². The standard InChI is InChI=1S/2C13H9NS.C5H8O2.Ir/c2*1-2-6-10(7-3-1)13-14-11-8-4-5-9-12(11)15-13;1-4(6)3-5(2)7;/h2*1-9H;3H2,1-2H3;. The van der Waals surface area contributed by atoms with Gasteiger partial charge in [0.15, 0.2) is 0 Å². The van der Waals surface area contributed by atoms with Gasteiger partial charge in [0.2, 0.25) is 0 Å². The van der Waals surface area contributed by atoms with Crippen LogP contribution in [-0.4, -0.2) is 21.5 Å². The molecule has 4 nitrogen and oxygen atoms in total. The molecule has 0 aliphatic heterocycles. The molecule has 6 aromatic rings. The van der Waals surface area contributed by atoms with Crippen molar-refractivity contribution in [2.75, 3.05) is 0 Å². The van der Waals surface area contributed by atoms with E-state index in [1.54, 1.807) is 22.7 Å². The van der Waals surface area contributed by atoms with Gasteiger partial charge in [-0.15, -0.1) is 22.7 Å². The Kier molecular flexibility index (Phi) is 11.2. The van der Waals surface area contributed by atoms with Crippen LogP contribution in [0.3, 0.4) is 0 Å². The summed E-state index contributed by atoms with van der Waals surface area (Å²) in [6.45, 7) is 2.81. The number of carbonyl (C=O) groups is 2. The van der Waals surface area contributed by atoms with E-state index >= 15 is 0 Å². The molecule has 0 bridgehead atoms. The number of hydrogen-bond donors (Lipinski definition) is 0. The van der Waals surface area contributed by atoms with Crippen molar-refractivity contribution >= 4 is 54.7 Å². The first-order valence-corrected chi connectivity index (χ1v) is 13.4. The fourth-order valence-corrected chi connectivity index (χ4v) is 5.45. The number of aromatic nitrogens is 2. The Morgan fingerprint density at radius 1 is 0.553 bits per heavy atom. The van der Waals surface area contributed by atoms with E-state index in [0.717, 1.165) is 21.0 Å². The molecule has 0 saturated carbocycles. The van der Waals surface area contributed by atoms with Gasteiger partial charge in [0.25, 0.3) is 0 Å². The van der Waals surface area contributed by atoms with Crippen LogP contribution in [0.15, 0.2) is 109 Å². The van der Waals surface area contributed by atoms with Gasteiger partial charge < -0.3 is 0 Å². The Labute approximate surface area is 243 Å². The largest absolute Gasteiger partial charge is 0.300 e. The molecule has 7 heteroatoms. The van der Waals surface area contributed by atoms with Crippen molar-refractivity contribution < 1.29 is 29.7 Å². The van der Waals surface area contributed by atoms with Crippen LogP contribution in [0.25, 0.3) is 41.6 Å². The predicted octanol–water partition coefficient (Wildman–Crippen LogP) is 8.48. The number of nitrogens with zero attached hydrogens (tertiary/aromatic N) is 2. The van der Waals surface area contributed by atoms with Gasteiger partial charge in [-0.25, -0.2) is 9.97 Å². The number of benzene rings is 4. The summed E-state index contributed by atoms with van der Waals surface area (Å²) < 4.78 is 2.49. The van der Waals surface area contributed by atoms with Gasteiger partial charge in [-0.1, -0.05) is 84.9 Å². The van der Waals surface area contributed by atoms with Crippen LogP contribution in [0, 0.1) is 0 Å². The first-order chi connectivity index (χ1) is 18.0. The van der Waals surface area contributed by atoms with Crippen LogP contribution in [0.5, 0.6) is 0 Å². The Hall–Kier alpha value is -3.35. The Balaban J connectivity index is 0.000000167. The molecule has 6 rings (SSSR count). The molecule has 0 spiro atoms.